The Kier molecular flexibility index (Phi) is 3.96. The number of benzene rings is 1. The van der Waals surface area contributed by atoms with E-state index in [1.54, 1.807) is 0 Å². The van der Waals surface area contributed by atoms with Gasteiger partial charge in [-0.1, -0.05) is 6.07 Å². The molecule has 7 heteroatoms. The Morgan fingerprint density at radius 1 is 1.30 bits per heavy atom. The number of ether oxygens (including phenoxy) is 2. The normalized spacial score (nSPS) is 15.6. The first kappa shape index (κ1) is 15.4. The fourth-order valence-corrected chi connectivity index (χ4v) is 2.49. The quantitative estimate of drug-likeness (QED) is 0.936. The van der Waals surface area contributed by atoms with Crippen LogP contribution in [-0.2, 0) is 10.3 Å². The van der Waals surface area contributed by atoms with Gasteiger partial charge >= 0.3 is 0 Å². The molecule has 0 bridgehead atoms. The number of hydrogen-bond donors (Lipinski definition) is 1. The predicted octanol–water partition coefficient (Wildman–Crippen LogP) is 2.02. The number of carbonyl (C=O) groups is 1. The van der Waals surface area contributed by atoms with Crippen LogP contribution in [0.4, 0.5) is 8.78 Å². The van der Waals surface area contributed by atoms with E-state index in [1.807, 2.05) is 0 Å². The molecule has 0 aliphatic carbocycles. The standard InChI is InChI=1S/C16H14F2N2O3/c1-22-13-7-10(5-6-19-13)15(21)20-16(8-23-9-16)14-11(17)3-2-4-12(14)18/h2-7H,8-9H2,1H3,(H,20,21). The molecule has 1 aliphatic rings. The van der Waals surface area contributed by atoms with E-state index in [0.717, 1.165) is 12.1 Å². The van der Waals surface area contributed by atoms with E-state index >= 15 is 0 Å². The number of halogens is 2. The summed E-state index contributed by atoms with van der Waals surface area (Å²) >= 11 is 0. The smallest absolute Gasteiger partial charge is 0.252 e. The third-order valence-electron chi connectivity index (χ3n) is 3.70. The van der Waals surface area contributed by atoms with Gasteiger partial charge in [-0.05, 0) is 18.2 Å². The monoisotopic (exact) mass is 320 g/mol. The Morgan fingerprint density at radius 2 is 2.00 bits per heavy atom. The molecule has 3 rings (SSSR count). The van der Waals surface area contributed by atoms with E-state index in [1.165, 1.54) is 31.5 Å². The lowest BCUT2D eigenvalue weighted by Gasteiger charge is -2.42. The Balaban J connectivity index is 1.91. The van der Waals surface area contributed by atoms with Gasteiger partial charge in [-0.25, -0.2) is 13.8 Å². The van der Waals surface area contributed by atoms with Crippen LogP contribution in [0.3, 0.4) is 0 Å². The van der Waals surface area contributed by atoms with Crippen molar-refractivity contribution in [2.45, 2.75) is 5.54 Å². The first-order valence-electron chi connectivity index (χ1n) is 6.90. The van der Waals surface area contributed by atoms with Crippen molar-refractivity contribution in [3.8, 4) is 5.88 Å². The predicted molar refractivity (Wildman–Crippen MR) is 77.1 cm³/mol. The summed E-state index contributed by atoms with van der Waals surface area (Å²) in [6, 6.07) is 6.51. The third kappa shape index (κ3) is 2.75. The molecule has 1 fully saturated rings. The molecule has 120 valence electrons. The minimum absolute atomic E-state index is 0.00118. The van der Waals surface area contributed by atoms with Gasteiger partial charge in [0.1, 0.15) is 17.2 Å². The summed E-state index contributed by atoms with van der Waals surface area (Å²) in [4.78, 5) is 16.3. The van der Waals surface area contributed by atoms with Crippen molar-refractivity contribution in [2.75, 3.05) is 20.3 Å². The third-order valence-corrected chi connectivity index (χ3v) is 3.70. The molecular weight excluding hydrogens is 306 g/mol. The highest BCUT2D eigenvalue weighted by atomic mass is 19.1. The van der Waals surface area contributed by atoms with Gasteiger partial charge in [-0.3, -0.25) is 4.79 Å². The maximum Gasteiger partial charge on any atom is 0.252 e. The molecule has 0 spiro atoms. The molecule has 1 amide bonds. The van der Waals surface area contributed by atoms with Crippen molar-refractivity contribution in [2.24, 2.45) is 0 Å². The van der Waals surface area contributed by atoms with Gasteiger partial charge in [0.15, 0.2) is 0 Å². The van der Waals surface area contributed by atoms with Crippen LogP contribution < -0.4 is 10.1 Å². The van der Waals surface area contributed by atoms with E-state index < -0.39 is 23.1 Å². The number of pyridine rings is 1. The molecule has 1 N–H and O–H groups in total. The molecule has 2 heterocycles. The van der Waals surface area contributed by atoms with Gasteiger partial charge in [-0.15, -0.1) is 0 Å². The SMILES string of the molecule is COc1cc(C(=O)NC2(c3c(F)cccc3F)COC2)ccn1. The van der Waals surface area contributed by atoms with Crippen molar-refractivity contribution in [3.05, 3.63) is 59.3 Å². The summed E-state index contributed by atoms with van der Waals surface area (Å²) < 4.78 is 38.2. The Morgan fingerprint density at radius 3 is 2.57 bits per heavy atom. The summed E-state index contributed by atoms with van der Waals surface area (Å²) in [5.41, 5.74) is -1.14. The van der Waals surface area contributed by atoms with Crippen molar-refractivity contribution in [3.63, 3.8) is 0 Å². The molecule has 0 saturated carbocycles. The fourth-order valence-electron chi connectivity index (χ4n) is 2.49. The van der Waals surface area contributed by atoms with Crippen LogP contribution in [0.2, 0.25) is 0 Å². The molecule has 1 aliphatic heterocycles. The van der Waals surface area contributed by atoms with Crippen LogP contribution in [0.15, 0.2) is 36.5 Å². The number of aromatic nitrogens is 1. The van der Waals surface area contributed by atoms with Crippen LogP contribution in [0.25, 0.3) is 0 Å². The molecule has 1 aromatic heterocycles. The average Bonchev–Trinajstić information content (AvgIpc) is 2.52. The van der Waals surface area contributed by atoms with Gasteiger partial charge in [-0.2, -0.15) is 0 Å². The van der Waals surface area contributed by atoms with Gasteiger partial charge < -0.3 is 14.8 Å². The topological polar surface area (TPSA) is 60.5 Å². The summed E-state index contributed by atoms with van der Waals surface area (Å²) in [6.45, 7) is -0.00236. The second kappa shape index (κ2) is 5.92. The molecule has 0 radical (unpaired) electrons. The number of carbonyl (C=O) groups excluding carboxylic acids is 1. The number of methoxy groups -OCH3 is 1. The Labute approximate surface area is 131 Å². The fraction of sp³-hybridized carbons (Fsp3) is 0.250. The Bertz CT molecular complexity index is 728. The largest absolute Gasteiger partial charge is 0.481 e. The van der Waals surface area contributed by atoms with Crippen LogP contribution in [-0.4, -0.2) is 31.2 Å². The molecule has 2 aromatic rings. The van der Waals surface area contributed by atoms with Crippen LogP contribution in [0, 0.1) is 11.6 Å². The van der Waals surface area contributed by atoms with E-state index in [-0.39, 0.29) is 30.2 Å². The number of amides is 1. The van der Waals surface area contributed by atoms with Gasteiger partial charge in [0.2, 0.25) is 5.88 Å². The van der Waals surface area contributed by atoms with Gasteiger partial charge in [0.05, 0.1) is 25.9 Å². The molecular formula is C16H14F2N2O3. The lowest BCUT2D eigenvalue weighted by Crippen LogP contribution is -2.60. The second-order valence-electron chi connectivity index (χ2n) is 5.21. The molecule has 5 nitrogen and oxygen atoms in total. The zero-order chi connectivity index (χ0) is 16.4. The highest BCUT2D eigenvalue weighted by Gasteiger charge is 2.45. The zero-order valence-corrected chi connectivity index (χ0v) is 12.3. The van der Waals surface area contributed by atoms with Crippen LogP contribution in [0.1, 0.15) is 15.9 Å². The summed E-state index contributed by atoms with van der Waals surface area (Å²) in [5, 5.41) is 2.67. The van der Waals surface area contributed by atoms with Gasteiger partial charge in [0.25, 0.3) is 5.91 Å². The summed E-state index contributed by atoms with van der Waals surface area (Å²) in [5.74, 6) is -1.66. The van der Waals surface area contributed by atoms with E-state index in [9.17, 15) is 13.6 Å². The van der Waals surface area contributed by atoms with Crippen molar-refractivity contribution >= 4 is 5.91 Å². The number of nitrogens with one attached hydrogen (secondary N) is 1. The first-order chi connectivity index (χ1) is 11.1. The lowest BCUT2D eigenvalue weighted by molar-refractivity contribution is -0.0765. The van der Waals surface area contributed by atoms with E-state index in [2.05, 4.69) is 10.3 Å². The van der Waals surface area contributed by atoms with Gasteiger partial charge in [0, 0.05) is 17.8 Å². The number of hydrogen-bond acceptors (Lipinski definition) is 4. The molecule has 1 saturated heterocycles. The van der Waals surface area contributed by atoms with E-state index in [4.69, 9.17) is 9.47 Å². The van der Waals surface area contributed by atoms with Crippen molar-refractivity contribution in [1.82, 2.24) is 10.3 Å². The number of nitrogens with zero attached hydrogens (tertiary/aromatic N) is 1. The highest BCUT2D eigenvalue weighted by Crippen LogP contribution is 2.33. The minimum Gasteiger partial charge on any atom is -0.481 e. The van der Waals surface area contributed by atoms with Crippen molar-refractivity contribution in [1.29, 1.82) is 0 Å². The zero-order valence-electron chi connectivity index (χ0n) is 12.3. The molecule has 0 unspecified atom stereocenters. The Hall–Kier alpha value is -2.54. The van der Waals surface area contributed by atoms with Crippen LogP contribution >= 0.6 is 0 Å². The second-order valence-corrected chi connectivity index (χ2v) is 5.21. The van der Waals surface area contributed by atoms with Crippen LogP contribution in [0.5, 0.6) is 5.88 Å². The minimum atomic E-state index is -1.22. The summed E-state index contributed by atoms with van der Waals surface area (Å²) in [6.07, 6.45) is 1.42. The highest BCUT2D eigenvalue weighted by molar-refractivity contribution is 5.95. The van der Waals surface area contributed by atoms with Crippen molar-refractivity contribution < 1.29 is 23.0 Å². The summed E-state index contributed by atoms with van der Waals surface area (Å²) in [7, 11) is 1.43. The lowest BCUT2D eigenvalue weighted by atomic mass is 9.86. The maximum absolute atomic E-state index is 14.1. The number of rotatable bonds is 4. The molecule has 1 aromatic carbocycles. The van der Waals surface area contributed by atoms with E-state index in [0.29, 0.717) is 0 Å². The first-order valence-corrected chi connectivity index (χ1v) is 6.90. The average molecular weight is 320 g/mol. The maximum atomic E-state index is 14.1. The molecule has 23 heavy (non-hydrogen) atoms. The molecule has 0 atom stereocenters.